The summed E-state index contributed by atoms with van der Waals surface area (Å²) in [6.45, 7) is 9.10. The fraction of sp³-hybridized carbons (Fsp3) is 0.458. The van der Waals surface area contributed by atoms with Crippen molar-refractivity contribution in [1.82, 2.24) is 14.8 Å². The summed E-state index contributed by atoms with van der Waals surface area (Å²) < 4.78 is 9.82. The average Bonchev–Trinajstić information content (AvgIpc) is 3.00. The molecule has 3 aromatic rings. The molecular weight excluding hydrogens is 538 g/mol. The minimum Gasteiger partial charge on any atom is -0.444 e. The molecule has 0 spiro atoms. The van der Waals surface area contributed by atoms with Gasteiger partial charge in [-0.15, -0.1) is 0 Å². The fourth-order valence-electron chi connectivity index (χ4n) is 4.55. The summed E-state index contributed by atoms with van der Waals surface area (Å²) in [4.78, 5) is 14.5. The predicted octanol–water partition coefficient (Wildman–Crippen LogP) is 5.45. The van der Waals surface area contributed by atoms with Crippen LogP contribution in [-0.4, -0.2) is 58.0 Å². The zero-order valence-corrected chi connectivity index (χ0v) is 21.9. The number of amides is 1. The number of hydrogen-bond donors (Lipinski definition) is 2. The molecule has 32 heavy (non-hydrogen) atoms. The summed E-state index contributed by atoms with van der Waals surface area (Å²) >= 11 is 7.19. The van der Waals surface area contributed by atoms with E-state index >= 15 is 0 Å². The number of rotatable bonds is 3. The minimum atomic E-state index is -0.641. The third-order valence-electron chi connectivity index (χ3n) is 5.79. The van der Waals surface area contributed by atoms with Gasteiger partial charge in [0.05, 0.1) is 12.1 Å². The molecule has 8 heteroatoms. The lowest BCUT2D eigenvalue weighted by Crippen LogP contribution is -2.57. The minimum absolute atomic E-state index is 0.137. The maximum absolute atomic E-state index is 12.7. The number of nitrogens with one attached hydrogen (secondary N) is 1. The molecule has 0 saturated carbocycles. The van der Waals surface area contributed by atoms with Gasteiger partial charge in [0.2, 0.25) is 0 Å². The van der Waals surface area contributed by atoms with Crippen molar-refractivity contribution in [3.05, 3.63) is 45.3 Å². The number of carbonyl (C=O) groups is 1. The molecule has 1 amide bonds. The van der Waals surface area contributed by atoms with E-state index in [0.717, 1.165) is 30.8 Å². The van der Waals surface area contributed by atoms with Gasteiger partial charge in [0.25, 0.3) is 0 Å². The monoisotopic (exact) mass is 565 g/mol. The van der Waals surface area contributed by atoms with Gasteiger partial charge < -0.3 is 24.6 Å². The molecule has 1 aliphatic heterocycles. The molecule has 2 heterocycles. The summed E-state index contributed by atoms with van der Waals surface area (Å²) in [6, 6.07) is 12.0. The molecule has 1 saturated heterocycles. The van der Waals surface area contributed by atoms with Gasteiger partial charge >= 0.3 is 6.09 Å². The van der Waals surface area contributed by atoms with Gasteiger partial charge in [0.1, 0.15) is 5.60 Å². The maximum Gasteiger partial charge on any atom is 0.410 e. The molecule has 1 aliphatic rings. The second kappa shape index (κ2) is 8.97. The summed E-state index contributed by atoms with van der Waals surface area (Å²) in [5.74, 6) is 0. The second-order valence-corrected chi connectivity index (χ2v) is 11.2. The Bertz CT molecular complexity index is 1090. The number of aliphatic hydroxyl groups is 1. The highest BCUT2D eigenvalue weighted by molar-refractivity contribution is 9.10. The van der Waals surface area contributed by atoms with Crippen LogP contribution in [0.25, 0.3) is 21.8 Å². The van der Waals surface area contributed by atoms with E-state index in [1.54, 1.807) is 4.90 Å². The van der Waals surface area contributed by atoms with Crippen molar-refractivity contribution >= 4 is 59.8 Å². The number of fused-ring (bicyclic) bond motifs is 3. The molecule has 0 bridgehead atoms. The van der Waals surface area contributed by atoms with Crippen LogP contribution in [0.3, 0.4) is 0 Å². The number of piperazine rings is 1. The highest BCUT2D eigenvalue weighted by Gasteiger charge is 2.36. The van der Waals surface area contributed by atoms with Crippen LogP contribution in [0.5, 0.6) is 0 Å². The molecule has 0 radical (unpaired) electrons. The molecule has 0 aliphatic carbocycles. The number of halogens is 2. The summed E-state index contributed by atoms with van der Waals surface area (Å²) in [5, 5.41) is 16.7. The summed E-state index contributed by atoms with van der Waals surface area (Å²) in [5.41, 5.74) is 1.54. The lowest BCUT2D eigenvalue weighted by Gasteiger charge is -2.40. The number of aromatic nitrogens is 1. The van der Waals surface area contributed by atoms with Crippen molar-refractivity contribution in [2.24, 2.45) is 0 Å². The van der Waals surface area contributed by atoms with E-state index in [0.29, 0.717) is 19.6 Å². The zero-order chi connectivity index (χ0) is 23.2. The van der Waals surface area contributed by atoms with Gasteiger partial charge in [0.15, 0.2) is 0 Å². The third kappa shape index (κ3) is 4.69. The van der Waals surface area contributed by atoms with Gasteiger partial charge in [-0.05, 0) is 64.1 Å². The van der Waals surface area contributed by atoms with E-state index in [4.69, 9.17) is 4.74 Å². The van der Waals surface area contributed by atoms with Gasteiger partial charge in [0, 0.05) is 56.4 Å². The first-order valence-corrected chi connectivity index (χ1v) is 12.4. The Labute approximate surface area is 205 Å². The number of benzene rings is 2. The van der Waals surface area contributed by atoms with Crippen molar-refractivity contribution in [2.45, 2.75) is 51.5 Å². The van der Waals surface area contributed by atoms with Gasteiger partial charge in [-0.25, -0.2) is 4.79 Å². The number of ether oxygens (including phenoxy) is 1. The number of hydrogen-bond acceptors (Lipinski definition) is 4. The highest BCUT2D eigenvalue weighted by Crippen LogP contribution is 2.37. The molecule has 2 N–H and O–H groups in total. The summed E-state index contributed by atoms with van der Waals surface area (Å²) in [7, 11) is 0. The van der Waals surface area contributed by atoms with Crippen LogP contribution >= 0.6 is 31.9 Å². The lowest BCUT2D eigenvalue weighted by atomic mass is 10.00. The lowest BCUT2D eigenvalue weighted by molar-refractivity contribution is 0.0127. The molecule has 3 atom stereocenters. The average molecular weight is 567 g/mol. The second-order valence-electron chi connectivity index (χ2n) is 9.41. The first-order valence-electron chi connectivity index (χ1n) is 10.8. The molecule has 172 valence electrons. The fourth-order valence-corrected chi connectivity index (χ4v) is 5.27. The van der Waals surface area contributed by atoms with Crippen LogP contribution in [0.15, 0.2) is 45.3 Å². The third-order valence-corrected chi connectivity index (χ3v) is 6.77. The van der Waals surface area contributed by atoms with E-state index < -0.39 is 11.7 Å². The molecule has 1 aromatic heterocycles. The zero-order valence-electron chi connectivity index (χ0n) is 18.7. The van der Waals surface area contributed by atoms with Crippen LogP contribution < -0.4 is 5.32 Å². The van der Waals surface area contributed by atoms with Gasteiger partial charge in [-0.2, -0.15) is 0 Å². The van der Waals surface area contributed by atoms with E-state index in [9.17, 15) is 9.90 Å². The van der Waals surface area contributed by atoms with Crippen LogP contribution in [-0.2, 0) is 4.74 Å². The topological polar surface area (TPSA) is 66.7 Å². The van der Waals surface area contributed by atoms with E-state index in [1.165, 1.54) is 0 Å². The highest BCUT2D eigenvalue weighted by atomic mass is 79.9. The molecule has 6 nitrogen and oxygen atoms in total. The predicted molar refractivity (Wildman–Crippen MR) is 135 cm³/mol. The molecule has 1 fully saturated rings. The Morgan fingerprint density at radius 1 is 1.12 bits per heavy atom. The Hall–Kier alpha value is -1.61. The quantitative estimate of drug-likeness (QED) is 0.442. The van der Waals surface area contributed by atoms with Crippen molar-refractivity contribution in [3.63, 3.8) is 0 Å². The normalized spacial score (nSPS) is 19.3. The van der Waals surface area contributed by atoms with E-state index in [-0.39, 0.29) is 18.2 Å². The molecule has 4 rings (SSSR count). The smallest absolute Gasteiger partial charge is 0.410 e. The molecule has 3 unspecified atom stereocenters. The number of carbonyl (C=O) groups excluding carboxylic acids is 1. The van der Waals surface area contributed by atoms with Crippen molar-refractivity contribution in [2.75, 3.05) is 19.6 Å². The largest absolute Gasteiger partial charge is 0.444 e. The van der Waals surface area contributed by atoms with Crippen LogP contribution in [0, 0.1) is 0 Å². The first-order chi connectivity index (χ1) is 15.0. The number of aliphatic hydroxyl groups excluding tert-OH is 1. The standard InChI is InChI=1S/C24H29Br2N3O3/c1-14(30)22(19-13-28(10-9-27-19)23(31)32-24(2,3)4)29-20-7-5-15(25)11-17(20)18-12-16(26)6-8-21(18)29/h5-8,11-12,14,19,22,27,30H,9-10,13H2,1-4H3. The summed E-state index contributed by atoms with van der Waals surface area (Å²) in [6.07, 6.45) is -0.958. The van der Waals surface area contributed by atoms with Crippen molar-refractivity contribution < 1.29 is 14.6 Å². The van der Waals surface area contributed by atoms with Crippen LogP contribution in [0.2, 0.25) is 0 Å². The van der Waals surface area contributed by atoms with Crippen molar-refractivity contribution in [3.8, 4) is 0 Å². The SMILES string of the molecule is CC(O)C(C1CN(C(=O)OC(C)(C)C)CCN1)n1c2ccc(Br)cc2c2cc(Br)ccc21. The number of nitrogens with zero attached hydrogens (tertiary/aromatic N) is 2. The van der Waals surface area contributed by atoms with Crippen molar-refractivity contribution in [1.29, 1.82) is 0 Å². The Morgan fingerprint density at radius 3 is 2.19 bits per heavy atom. The Kier molecular flexibility index (Phi) is 6.60. The Morgan fingerprint density at radius 2 is 1.69 bits per heavy atom. The van der Waals surface area contributed by atoms with Crippen LogP contribution in [0.4, 0.5) is 4.79 Å². The molecular formula is C24H29Br2N3O3. The van der Waals surface area contributed by atoms with Crippen LogP contribution in [0.1, 0.15) is 33.7 Å². The maximum atomic E-state index is 12.7. The van der Waals surface area contributed by atoms with E-state index in [1.807, 2.05) is 39.8 Å². The Balaban J connectivity index is 1.78. The van der Waals surface area contributed by atoms with Gasteiger partial charge in [-0.1, -0.05) is 31.9 Å². The molecule has 2 aromatic carbocycles. The van der Waals surface area contributed by atoms with E-state index in [2.05, 4.69) is 66.0 Å². The first kappa shape index (κ1) is 23.5. The van der Waals surface area contributed by atoms with Gasteiger partial charge in [-0.3, -0.25) is 0 Å².